The van der Waals surface area contributed by atoms with E-state index in [2.05, 4.69) is 20.6 Å². The van der Waals surface area contributed by atoms with Crippen LogP contribution in [0.3, 0.4) is 0 Å². The van der Waals surface area contributed by atoms with Crippen molar-refractivity contribution >= 4 is 5.91 Å². The number of nitrogens with one attached hydrogen (secondary N) is 1. The molecule has 3 rings (SSSR count). The molecule has 0 atom stereocenters. The van der Waals surface area contributed by atoms with Gasteiger partial charge < -0.3 is 10.1 Å². The minimum absolute atomic E-state index is 0.251. The van der Waals surface area contributed by atoms with Crippen LogP contribution in [0, 0.1) is 0 Å². The molecule has 2 aromatic heterocycles. The molecule has 23 heavy (non-hydrogen) atoms. The van der Waals surface area contributed by atoms with Gasteiger partial charge in [0.05, 0.1) is 6.54 Å². The highest BCUT2D eigenvalue weighted by atomic mass is 16.5. The molecule has 0 bridgehead atoms. The van der Waals surface area contributed by atoms with Crippen LogP contribution in [-0.2, 0) is 0 Å². The SMILES string of the molecule is O=C(NCCOc1ccccc1)c1ccc(-n2cccn2)nn1. The number of benzene rings is 1. The summed E-state index contributed by atoms with van der Waals surface area (Å²) >= 11 is 0. The fraction of sp³-hybridized carbons (Fsp3) is 0.125. The Balaban J connectivity index is 1.48. The van der Waals surface area contributed by atoms with Crippen molar-refractivity contribution in [2.24, 2.45) is 0 Å². The lowest BCUT2D eigenvalue weighted by Gasteiger charge is -2.07. The van der Waals surface area contributed by atoms with Gasteiger partial charge in [-0.3, -0.25) is 4.79 Å². The van der Waals surface area contributed by atoms with Crippen LogP contribution in [0.25, 0.3) is 5.82 Å². The Morgan fingerprint density at radius 1 is 1.09 bits per heavy atom. The molecule has 7 nitrogen and oxygen atoms in total. The number of nitrogens with zero attached hydrogens (tertiary/aromatic N) is 4. The number of para-hydroxylation sites is 1. The number of carbonyl (C=O) groups excluding carboxylic acids is 1. The van der Waals surface area contributed by atoms with Crippen LogP contribution in [0.1, 0.15) is 10.5 Å². The monoisotopic (exact) mass is 309 g/mol. The lowest BCUT2D eigenvalue weighted by molar-refractivity contribution is 0.0941. The number of hydrogen-bond donors (Lipinski definition) is 1. The average molecular weight is 309 g/mol. The van der Waals surface area contributed by atoms with Gasteiger partial charge in [0.2, 0.25) is 0 Å². The van der Waals surface area contributed by atoms with E-state index in [9.17, 15) is 4.79 Å². The summed E-state index contributed by atoms with van der Waals surface area (Å²) in [5.74, 6) is 1.03. The Morgan fingerprint density at radius 2 is 1.96 bits per heavy atom. The highest BCUT2D eigenvalue weighted by Crippen LogP contribution is 2.07. The second-order valence-corrected chi connectivity index (χ2v) is 4.64. The van der Waals surface area contributed by atoms with Crippen molar-refractivity contribution in [2.75, 3.05) is 13.2 Å². The fourth-order valence-electron chi connectivity index (χ4n) is 1.91. The summed E-state index contributed by atoms with van der Waals surface area (Å²) in [5, 5.41) is 14.7. The van der Waals surface area contributed by atoms with E-state index in [4.69, 9.17) is 4.74 Å². The summed E-state index contributed by atoms with van der Waals surface area (Å²) in [6, 6.07) is 14.5. The smallest absolute Gasteiger partial charge is 0.271 e. The molecule has 0 spiro atoms. The van der Waals surface area contributed by atoms with Crippen LogP contribution in [0.2, 0.25) is 0 Å². The van der Waals surface area contributed by atoms with E-state index < -0.39 is 0 Å². The number of rotatable bonds is 6. The van der Waals surface area contributed by atoms with Crippen molar-refractivity contribution in [1.29, 1.82) is 0 Å². The van der Waals surface area contributed by atoms with Crippen molar-refractivity contribution in [3.63, 3.8) is 0 Å². The zero-order chi connectivity index (χ0) is 15.9. The van der Waals surface area contributed by atoms with Gasteiger partial charge >= 0.3 is 0 Å². The number of amides is 1. The standard InChI is InChI=1S/C16H15N5O2/c22-16(17-10-12-23-13-5-2-1-3-6-13)14-7-8-15(20-19-14)21-11-4-9-18-21/h1-9,11H,10,12H2,(H,17,22). The van der Waals surface area contributed by atoms with E-state index >= 15 is 0 Å². The zero-order valence-electron chi connectivity index (χ0n) is 12.3. The second-order valence-electron chi connectivity index (χ2n) is 4.64. The Labute approximate surface area is 132 Å². The minimum atomic E-state index is -0.291. The van der Waals surface area contributed by atoms with Gasteiger partial charge in [-0.15, -0.1) is 10.2 Å². The van der Waals surface area contributed by atoms with Crippen LogP contribution < -0.4 is 10.1 Å². The quantitative estimate of drug-likeness (QED) is 0.697. The summed E-state index contributed by atoms with van der Waals surface area (Å²) in [6.07, 6.45) is 3.40. The molecule has 0 aliphatic heterocycles. The Kier molecular flexibility index (Phi) is 4.58. The minimum Gasteiger partial charge on any atom is -0.492 e. The summed E-state index contributed by atoms with van der Waals surface area (Å²) in [6.45, 7) is 0.769. The van der Waals surface area contributed by atoms with Crippen molar-refractivity contribution in [1.82, 2.24) is 25.3 Å². The van der Waals surface area contributed by atoms with Gasteiger partial charge in [0, 0.05) is 12.4 Å². The van der Waals surface area contributed by atoms with E-state index in [0.29, 0.717) is 19.0 Å². The molecule has 0 aliphatic carbocycles. The summed E-state index contributed by atoms with van der Waals surface area (Å²) in [5.41, 5.74) is 0.251. The second kappa shape index (κ2) is 7.17. The largest absolute Gasteiger partial charge is 0.492 e. The molecule has 0 saturated heterocycles. The van der Waals surface area contributed by atoms with E-state index in [0.717, 1.165) is 5.75 Å². The first-order valence-electron chi connectivity index (χ1n) is 7.13. The van der Waals surface area contributed by atoms with E-state index in [1.807, 2.05) is 30.3 Å². The van der Waals surface area contributed by atoms with Crippen LogP contribution in [0.5, 0.6) is 5.75 Å². The van der Waals surface area contributed by atoms with Gasteiger partial charge in [0.25, 0.3) is 5.91 Å². The third-order valence-electron chi connectivity index (χ3n) is 3.02. The summed E-state index contributed by atoms with van der Waals surface area (Å²) < 4.78 is 7.07. The maximum absolute atomic E-state index is 12.0. The first-order chi connectivity index (χ1) is 11.3. The molecular formula is C16H15N5O2. The van der Waals surface area contributed by atoms with Gasteiger partial charge in [-0.25, -0.2) is 4.68 Å². The molecule has 0 unspecified atom stereocenters. The molecule has 1 aromatic carbocycles. The summed E-state index contributed by atoms with van der Waals surface area (Å²) in [4.78, 5) is 12.0. The molecule has 3 aromatic rings. The first kappa shape index (κ1) is 14.7. The molecule has 0 fully saturated rings. The predicted molar refractivity (Wildman–Crippen MR) is 83.4 cm³/mol. The third kappa shape index (κ3) is 3.91. The Bertz CT molecular complexity index is 742. The Morgan fingerprint density at radius 3 is 2.65 bits per heavy atom. The highest BCUT2D eigenvalue weighted by Gasteiger charge is 2.08. The van der Waals surface area contributed by atoms with E-state index in [-0.39, 0.29) is 11.6 Å². The lowest BCUT2D eigenvalue weighted by atomic mass is 10.3. The number of ether oxygens (including phenoxy) is 1. The van der Waals surface area contributed by atoms with Gasteiger partial charge in [-0.05, 0) is 30.3 Å². The van der Waals surface area contributed by atoms with Crippen LogP contribution in [-0.4, -0.2) is 39.0 Å². The zero-order valence-corrected chi connectivity index (χ0v) is 12.3. The highest BCUT2D eigenvalue weighted by molar-refractivity contribution is 5.92. The van der Waals surface area contributed by atoms with Crippen molar-refractivity contribution in [2.45, 2.75) is 0 Å². The number of carbonyl (C=O) groups is 1. The van der Waals surface area contributed by atoms with Gasteiger partial charge in [0.1, 0.15) is 12.4 Å². The molecule has 116 valence electrons. The topological polar surface area (TPSA) is 81.9 Å². The van der Waals surface area contributed by atoms with Crippen LogP contribution in [0.15, 0.2) is 60.9 Å². The van der Waals surface area contributed by atoms with E-state index in [1.165, 1.54) is 0 Å². The number of aromatic nitrogens is 4. The van der Waals surface area contributed by atoms with Crippen LogP contribution >= 0.6 is 0 Å². The number of hydrogen-bond acceptors (Lipinski definition) is 5. The molecule has 1 N–H and O–H groups in total. The normalized spacial score (nSPS) is 10.3. The maximum atomic E-state index is 12.0. The van der Waals surface area contributed by atoms with E-state index in [1.54, 1.807) is 35.3 Å². The average Bonchev–Trinajstić information content (AvgIpc) is 3.14. The maximum Gasteiger partial charge on any atom is 0.271 e. The third-order valence-corrected chi connectivity index (χ3v) is 3.02. The van der Waals surface area contributed by atoms with Gasteiger partial charge in [0.15, 0.2) is 11.5 Å². The van der Waals surface area contributed by atoms with Crippen molar-refractivity contribution in [3.8, 4) is 11.6 Å². The molecular weight excluding hydrogens is 294 g/mol. The molecule has 0 radical (unpaired) electrons. The molecule has 1 amide bonds. The Hall–Kier alpha value is -3.22. The first-order valence-corrected chi connectivity index (χ1v) is 7.13. The molecule has 2 heterocycles. The van der Waals surface area contributed by atoms with Gasteiger partial charge in [-0.1, -0.05) is 18.2 Å². The van der Waals surface area contributed by atoms with Crippen molar-refractivity contribution in [3.05, 3.63) is 66.6 Å². The van der Waals surface area contributed by atoms with Crippen molar-refractivity contribution < 1.29 is 9.53 Å². The molecule has 0 saturated carbocycles. The summed E-state index contributed by atoms with van der Waals surface area (Å²) in [7, 11) is 0. The van der Waals surface area contributed by atoms with Gasteiger partial charge in [-0.2, -0.15) is 5.10 Å². The van der Waals surface area contributed by atoms with Crippen LogP contribution in [0.4, 0.5) is 0 Å². The predicted octanol–water partition coefficient (Wildman–Crippen LogP) is 1.47. The lowest BCUT2D eigenvalue weighted by Crippen LogP contribution is -2.29. The molecule has 7 heteroatoms. The molecule has 0 aliphatic rings. The fourth-order valence-corrected chi connectivity index (χ4v) is 1.91.